The topological polar surface area (TPSA) is 64.7 Å². The van der Waals surface area contributed by atoms with Crippen LogP contribution in [0.2, 0.25) is 0 Å². The van der Waals surface area contributed by atoms with Gasteiger partial charge in [-0.1, -0.05) is 60.7 Å². The number of rotatable bonds is 6. The van der Waals surface area contributed by atoms with Crippen LogP contribution in [0.4, 0.5) is 10.1 Å². The minimum absolute atomic E-state index is 0.280. The van der Waals surface area contributed by atoms with Crippen molar-refractivity contribution in [1.29, 1.82) is 0 Å². The van der Waals surface area contributed by atoms with Crippen molar-refractivity contribution in [2.75, 3.05) is 5.32 Å². The largest absolute Gasteiger partial charge is 0.319 e. The third-order valence-electron chi connectivity index (χ3n) is 5.18. The van der Waals surface area contributed by atoms with Crippen LogP contribution in [0.15, 0.2) is 104 Å². The van der Waals surface area contributed by atoms with Gasteiger partial charge in [0.1, 0.15) is 11.5 Å². The maximum absolute atomic E-state index is 13.2. The maximum Gasteiger partial charge on any atom is 0.259 e. The molecule has 7 heteroatoms. The third-order valence-corrected chi connectivity index (χ3v) is 5.18. The number of amides is 1. The minimum Gasteiger partial charge on any atom is -0.319 e. The van der Waals surface area contributed by atoms with Crippen molar-refractivity contribution in [1.82, 2.24) is 19.6 Å². The number of aromatic nitrogens is 4. The fraction of sp³-hybridized carbons (Fsp3) is 0.0385. The van der Waals surface area contributed by atoms with E-state index in [-0.39, 0.29) is 11.7 Å². The third kappa shape index (κ3) is 4.57. The summed E-state index contributed by atoms with van der Waals surface area (Å²) in [5.74, 6) is -0.560. The highest BCUT2D eigenvalue weighted by atomic mass is 19.1. The van der Waals surface area contributed by atoms with E-state index in [1.165, 1.54) is 12.1 Å². The van der Waals surface area contributed by atoms with Crippen LogP contribution in [-0.4, -0.2) is 25.5 Å². The molecule has 162 valence electrons. The van der Waals surface area contributed by atoms with Crippen LogP contribution >= 0.6 is 0 Å². The van der Waals surface area contributed by atoms with Crippen molar-refractivity contribution in [3.63, 3.8) is 0 Å². The fourth-order valence-corrected chi connectivity index (χ4v) is 3.55. The number of nitrogens with one attached hydrogen (secondary N) is 1. The second-order valence-corrected chi connectivity index (χ2v) is 7.54. The highest BCUT2D eigenvalue weighted by Crippen LogP contribution is 2.24. The first kappa shape index (κ1) is 20.4. The molecular formula is C26H20FN5O. The molecule has 6 nitrogen and oxygen atoms in total. The smallest absolute Gasteiger partial charge is 0.259 e. The molecule has 0 unspecified atom stereocenters. The molecule has 0 saturated carbocycles. The quantitative estimate of drug-likeness (QED) is 0.398. The van der Waals surface area contributed by atoms with Crippen molar-refractivity contribution in [2.45, 2.75) is 6.54 Å². The Hall–Kier alpha value is -4.52. The fourth-order valence-electron chi connectivity index (χ4n) is 3.55. The molecule has 2 aromatic heterocycles. The van der Waals surface area contributed by atoms with Crippen LogP contribution < -0.4 is 5.32 Å². The van der Waals surface area contributed by atoms with Crippen LogP contribution in [0.3, 0.4) is 0 Å². The van der Waals surface area contributed by atoms with Crippen molar-refractivity contribution in [2.24, 2.45) is 0 Å². The van der Waals surface area contributed by atoms with Gasteiger partial charge in [-0.05, 0) is 29.8 Å². The second-order valence-electron chi connectivity index (χ2n) is 7.54. The van der Waals surface area contributed by atoms with Crippen LogP contribution in [0.25, 0.3) is 16.9 Å². The number of hydrogen-bond donors (Lipinski definition) is 1. The molecule has 33 heavy (non-hydrogen) atoms. The summed E-state index contributed by atoms with van der Waals surface area (Å²) in [6.45, 7) is 0.470. The number of benzene rings is 3. The first-order valence-corrected chi connectivity index (χ1v) is 10.4. The number of carbonyl (C=O) groups excluding carboxylic acids is 1. The van der Waals surface area contributed by atoms with E-state index in [2.05, 4.69) is 15.5 Å². The van der Waals surface area contributed by atoms with E-state index >= 15 is 0 Å². The molecule has 5 rings (SSSR count). The second kappa shape index (κ2) is 8.92. The van der Waals surface area contributed by atoms with Gasteiger partial charge in [0.2, 0.25) is 0 Å². The van der Waals surface area contributed by atoms with Gasteiger partial charge in [-0.3, -0.25) is 9.48 Å². The van der Waals surface area contributed by atoms with Crippen molar-refractivity contribution >= 4 is 11.6 Å². The predicted octanol–water partition coefficient (Wildman–Crippen LogP) is 5.18. The van der Waals surface area contributed by atoms with E-state index in [0.29, 0.717) is 23.5 Å². The molecule has 5 aromatic rings. The van der Waals surface area contributed by atoms with E-state index in [1.54, 1.807) is 40.1 Å². The number of nitrogens with zero attached hydrogens (tertiary/aromatic N) is 4. The molecule has 3 aromatic carbocycles. The monoisotopic (exact) mass is 437 g/mol. The molecule has 1 N–H and O–H groups in total. The standard InChI is InChI=1S/C26H20FN5O/c27-21-13-11-19(12-14-21)16-31-17-22(15-28-31)29-26(33)24-18-32(23-9-5-2-6-10-23)30-25(24)20-7-3-1-4-8-20/h1-15,17-18H,16H2,(H,29,33). The molecule has 0 fully saturated rings. The summed E-state index contributed by atoms with van der Waals surface area (Å²) in [6.07, 6.45) is 5.06. The summed E-state index contributed by atoms with van der Waals surface area (Å²) in [5, 5.41) is 11.9. The summed E-state index contributed by atoms with van der Waals surface area (Å²) in [6, 6.07) is 25.5. The number of hydrogen-bond acceptors (Lipinski definition) is 3. The van der Waals surface area contributed by atoms with Gasteiger partial charge >= 0.3 is 0 Å². The molecule has 0 aliphatic heterocycles. The molecule has 0 atom stereocenters. The zero-order valence-electron chi connectivity index (χ0n) is 17.6. The molecule has 0 saturated heterocycles. The van der Waals surface area contributed by atoms with Gasteiger partial charge < -0.3 is 5.32 Å². The Labute approximate surface area is 189 Å². The van der Waals surface area contributed by atoms with Crippen molar-refractivity contribution < 1.29 is 9.18 Å². The lowest BCUT2D eigenvalue weighted by atomic mass is 10.1. The van der Waals surface area contributed by atoms with Crippen molar-refractivity contribution in [3.05, 3.63) is 120 Å². The van der Waals surface area contributed by atoms with Gasteiger partial charge in [-0.25, -0.2) is 9.07 Å². The molecule has 0 radical (unpaired) electrons. The lowest BCUT2D eigenvalue weighted by Gasteiger charge is -2.04. The molecule has 0 aliphatic carbocycles. The van der Waals surface area contributed by atoms with E-state index in [1.807, 2.05) is 60.7 Å². The maximum atomic E-state index is 13.2. The van der Waals surface area contributed by atoms with Gasteiger partial charge in [0, 0.05) is 18.0 Å². The number of anilines is 1. The van der Waals surface area contributed by atoms with Crippen LogP contribution in [0.1, 0.15) is 15.9 Å². The van der Waals surface area contributed by atoms with Gasteiger partial charge in [-0.2, -0.15) is 10.2 Å². The van der Waals surface area contributed by atoms with Gasteiger partial charge in [0.05, 0.1) is 29.7 Å². The molecule has 0 spiro atoms. The highest BCUT2D eigenvalue weighted by molar-refractivity contribution is 6.08. The van der Waals surface area contributed by atoms with Crippen molar-refractivity contribution in [3.8, 4) is 16.9 Å². The van der Waals surface area contributed by atoms with E-state index in [0.717, 1.165) is 16.8 Å². The first-order chi connectivity index (χ1) is 16.2. The van der Waals surface area contributed by atoms with E-state index in [4.69, 9.17) is 0 Å². The van der Waals surface area contributed by atoms with E-state index < -0.39 is 0 Å². The molecule has 0 bridgehead atoms. The van der Waals surface area contributed by atoms with Crippen LogP contribution in [0.5, 0.6) is 0 Å². The lowest BCUT2D eigenvalue weighted by molar-refractivity contribution is 0.102. The summed E-state index contributed by atoms with van der Waals surface area (Å²) >= 11 is 0. The lowest BCUT2D eigenvalue weighted by Crippen LogP contribution is -2.12. The Balaban J connectivity index is 1.41. The molecular weight excluding hydrogens is 417 g/mol. The first-order valence-electron chi connectivity index (χ1n) is 10.4. The molecule has 2 heterocycles. The predicted molar refractivity (Wildman–Crippen MR) is 125 cm³/mol. The molecule has 0 aliphatic rings. The molecule has 1 amide bonds. The normalized spacial score (nSPS) is 10.8. The highest BCUT2D eigenvalue weighted by Gasteiger charge is 2.19. The number of carbonyl (C=O) groups is 1. The van der Waals surface area contributed by atoms with Gasteiger partial charge in [0.25, 0.3) is 5.91 Å². The SMILES string of the molecule is O=C(Nc1cnn(Cc2ccc(F)cc2)c1)c1cn(-c2ccccc2)nc1-c1ccccc1. The Morgan fingerprint density at radius 1 is 0.879 bits per heavy atom. The summed E-state index contributed by atoms with van der Waals surface area (Å²) < 4.78 is 16.5. The zero-order valence-corrected chi connectivity index (χ0v) is 17.6. The Morgan fingerprint density at radius 2 is 1.58 bits per heavy atom. The van der Waals surface area contributed by atoms with E-state index in [9.17, 15) is 9.18 Å². The summed E-state index contributed by atoms with van der Waals surface area (Å²) in [4.78, 5) is 13.2. The summed E-state index contributed by atoms with van der Waals surface area (Å²) in [5.41, 5.74) is 4.23. The van der Waals surface area contributed by atoms with Crippen LogP contribution in [-0.2, 0) is 6.54 Å². The average Bonchev–Trinajstić information content (AvgIpc) is 3.49. The zero-order chi connectivity index (χ0) is 22.6. The van der Waals surface area contributed by atoms with Gasteiger partial charge in [-0.15, -0.1) is 0 Å². The average molecular weight is 437 g/mol. The van der Waals surface area contributed by atoms with Crippen LogP contribution in [0, 0.1) is 5.82 Å². The summed E-state index contributed by atoms with van der Waals surface area (Å²) in [7, 11) is 0. The Bertz CT molecular complexity index is 1380. The Morgan fingerprint density at radius 3 is 2.30 bits per heavy atom. The number of para-hydroxylation sites is 1. The number of halogens is 1. The van der Waals surface area contributed by atoms with Gasteiger partial charge in [0.15, 0.2) is 0 Å². The Kier molecular flexibility index (Phi) is 5.51. The minimum atomic E-state index is -0.280.